The van der Waals surface area contributed by atoms with Gasteiger partial charge in [0.2, 0.25) is 5.91 Å². The van der Waals surface area contributed by atoms with Gasteiger partial charge in [-0.15, -0.1) is 11.3 Å². The Morgan fingerprint density at radius 2 is 1.88 bits per heavy atom. The minimum absolute atomic E-state index is 0.0108. The highest BCUT2D eigenvalue weighted by Gasteiger charge is 2.20. The molecule has 2 aromatic rings. The number of nitrogens with zero attached hydrogens (tertiary/aromatic N) is 1. The number of aryl methyl sites for hydroxylation is 1. The highest BCUT2D eigenvalue weighted by atomic mass is 32.1. The van der Waals surface area contributed by atoms with E-state index in [0.717, 1.165) is 16.1 Å². The Morgan fingerprint density at radius 1 is 1.16 bits per heavy atom. The zero-order valence-electron chi connectivity index (χ0n) is 15.3. The van der Waals surface area contributed by atoms with Crippen LogP contribution in [-0.4, -0.2) is 23.9 Å². The Labute approximate surface area is 153 Å². The summed E-state index contributed by atoms with van der Waals surface area (Å²) in [6.07, 6.45) is 0. The fraction of sp³-hybridized carbons (Fsp3) is 0.368. The molecule has 6 heteroatoms. The lowest BCUT2D eigenvalue weighted by molar-refractivity contribution is -0.114. The van der Waals surface area contributed by atoms with Crippen molar-refractivity contribution in [3.05, 3.63) is 51.7 Å². The molecule has 0 saturated heterocycles. The topological polar surface area (TPSA) is 61.4 Å². The maximum atomic E-state index is 12.6. The van der Waals surface area contributed by atoms with E-state index in [4.69, 9.17) is 0 Å². The number of anilines is 1. The van der Waals surface area contributed by atoms with Crippen molar-refractivity contribution in [3.63, 3.8) is 0 Å². The van der Waals surface area contributed by atoms with Gasteiger partial charge in [-0.2, -0.15) is 0 Å². The van der Waals surface area contributed by atoms with Gasteiger partial charge in [-0.05, 0) is 50.6 Å². The van der Waals surface area contributed by atoms with Crippen molar-refractivity contribution >= 4 is 29.0 Å². The van der Waals surface area contributed by atoms with Crippen molar-refractivity contribution in [1.82, 2.24) is 10.2 Å². The first kappa shape index (κ1) is 19.0. The average molecular weight is 359 g/mol. The predicted molar refractivity (Wildman–Crippen MR) is 103 cm³/mol. The van der Waals surface area contributed by atoms with Crippen molar-refractivity contribution in [3.8, 4) is 0 Å². The lowest BCUT2D eigenvalue weighted by atomic mass is 10.1. The number of rotatable bonds is 5. The van der Waals surface area contributed by atoms with E-state index in [1.54, 1.807) is 23.3 Å². The third kappa shape index (κ3) is 5.06. The molecule has 0 spiro atoms. The van der Waals surface area contributed by atoms with Crippen molar-refractivity contribution in [1.29, 1.82) is 0 Å². The Kier molecular flexibility index (Phi) is 6.20. The van der Waals surface area contributed by atoms with E-state index < -0.39 is 0 Å². The number of carbonyl (C=O) groups is 2. The molecule has 0 aliphatic rings. The molecule has 0 bridgehead atoms. The van der Waals surface area contributed by atoms with Gasteiger partial charge < -0.3 is 15.5 Å². The van der Waals surface area contributed by atoms with Crippen LogP contribution in [0.5, 0.6) is 0 Å². The number of thiophene rings is 1. The molecule has 1 aromatic heterocycles. The fourth-order valence-electron chi connectivity index (χ4n) is 2.50. The quantitative estimate of drug-likeness (QED) is 0.827. The number of benzene rings is 1. The molecule has 25 heavy (non-hydrogen) atoms. The predicted octanol–water partition coefficient (Wildman–Crippen LogP) is 4.48. The Morgan fingerprint density at radius 3 is 2.48 bits per heavy atom. The van der Waals surface area contributed by atoms with Gasteiger partial charge in [0, 0.05) is 29.4 Å². The Bertz CT molecular complexity index is 757. The molecule has 0 aliphatic heterocycles. The van der Waals surface area contributed by atoms with E-state index >= 15 is 0 Å². The van der Waals surface area contributed by atoms with Crippen LogP contribution in [0.3, 0.4) is 0 Å². The molecule has 5 nitrogen and oxygen atoms in total. The second-order valence-electron chi connectivity index (χ2n) is 6.21. The van der Waals surface area contributed by atoms with Gasteiger partial charge in [0.25, 0.3) is 0 Å². The molecule has 0 aliphatic carbocycles. The monoisotopic (exact) mass is 359 g/mol. The van der Waals surface area contributed by atoms with Crippen LogP contribution < -0.4 is 10.6 Å². The minimum Gasteiger partial charge on any atom is -0.331 e. The first-order chi connectivity index (χ1) is 11.8. The molecule has 0 unspecified atom stereocenters. The zero-order chi connectivity index (χ0) is 18.6. The smallest absolute Gasteiger partial charge is 0.318 e. The van der Waals surface area contributed by atoms with Crippen LogP contribution in [0.1, 0.15) is 48.2 Å². The molecule has 2 rings (SSSR count). The summed E-state index contributed by atoms with van der Waals surface area (Å²) in [5.41, 5.74) is 1.66. The van der Waals surface area contributed by atoms with E-state index in [0.29, 0.717) is 0 Å². The van der Waals surface area contributed by atoms with E-state index in [9.17, 15) is 9.59 Å². The fourth-order valence-corrected chi connectivity index (χ4v) is 3.48. The lowest BCUT2D eigenvalue weighted by Gasteiger charge is -2.26. The number of urea groups is 1. The first-order valence-corrected chi connectivity index (χ1v) is 9.06. The van der Waals surface area contributed by atoms with Crippen molar-refractivity contribution in [2.75, 3.05) is 12.4 Å². The molecule has 0 radical (unpaired) electrons. The van der Waals surface area contributed by atoms with Gasteiger partial charge >= 0.3 is 6.03 Å². The van der Waals surface area contributed by atoms with E-state index in [-0.39, 0.29) is 24.0 Å². The summed E-state index contributed by atoms with van der Waals surface area (Å²) < 4.78 is 0. The van der Waals surface area contributed by atoms with E-state index in [1.807, 2.05) is 38.1 Å². The Balaban J connectivity index is 2.02. The zero-order valence-corrected chi connectivity index (χ0v) is 16.1. The minimum atomic E-state index is -0.166. The molecular formula is C19H25N3O2S. The molecule has 1 heterocycles. The van der Waals surface area contributed by atoms with Gasteiger partial charge in [-0.3, -0.25) is 4.79 Å². The third-order valence-corrected chi connectivity index (χ3v) is 5.29. The van der Waals surface area contributed by atoms with Gasteiger partial charge in [0.05, 0.1) is 12.1 Å². The van der Waals surface area contributed by atoms with Gasteiger partial charge in [-0.1, -0.05) is 12.1 Å². The number of hydrogen-bond acceptors (Lipinski definition) is 3. The number of carbonyl (C=O) groups excluding carboxylic acids is 2. The number of hydrogen-bond donors (Lipinski definition) is 2. The van der Waals surface area contributed by atoms with Crippen LogP contribution >= 0.6 is 11.3 Å². The highest BCUT2D eigenvalue weighted by Crippen LogP contribution is 2.26. The van der Waals surface area contributed by atoms with Gasteiger partial charge in [0.15, 0.2) is 0 Å². The second kappa shape index (κ2) is 8.16. The average Bonchev–Trinajstić information content (AvgIpc) is 2.99. The number of nitrogens with one attached hydrogen (secondary N) is 2. The summed E-state index contributed by atoms with van der Waals surface area (Å²) in [6, 6.07) is 11.3. The van der Waals surface area contributed by atoms with Crippen LogP contribution in [0, 0.1) is 6.92 Å². The van der Waals surface area contributed by atoms with Crippen LogP contribution in [0.4, 0.5) is 10.5 Å². The SMILES string of the molecule is CC(=O)Nc1cccc([C@H](C)NC(=O)N(C)[C@@H](C)c2ccc(C)s2)c1. The van der Waals surface area contributed by atoms with Gasteiger partial charge in [-0.25, -0.2) is 4.79 Å². The third-order valence-electron chi connectivity index (χ3n) is 4.12. The highest BCUT2D eigenvalue weighted by molar-refractivity contribution is 7.12. The largest absolute Gasteiger partial charge is 0.331 e. The van der Waals surface area contributed by atoms with Crippen LogP contribution in [0.2, 0.25) is 0 Å². The molecule has 0 fully saturated rings. The summed E-state index contributed by atoms with van der Waals surface area (Å²) in [7, 11) is 1.80. The van der Waals surface area contributed by atoms with E-state index in [2.05, 4.69) is 29.7 Å². The normalized spacial score (nSPS) is 13.0. The van der Waals surface area contributed by atoms with Crippen LogP contribution in [-0.2, 0) is 4.79 Å². The lowest BCUT2D eigenvalue weighted by Crippen LogP contribution is -2.39. The molecule has 0 saturated carbocycles. The molecule has 3 amide bonds. The van der Waals surface area contributed by atoms with Crippen molar-refractivity contribution in [2.24, 2.45) is 0 Å². The Hall–Kier alpha value is -2.34. The molecule has 2 N–H and O–H groups in total. The standard InChI is InChI=1S/C19H25N3O2S/c1-12-9-10-18(25-12)14(3)22(5)19(24)20-13(2)16-7-6-8-17(11-16)21-15(4)23/h6-11,13-14H,1-5H3,(H,20,24)(H,21,23)/t13-,14-/m0/s1. The summed E-state index contributed by atoms with van der Waals surface area (Å²) in [5.74, 6) is -0.117. The molecule has 134 valence electrons. The molecular weight excluding hydrogens is 334 g/mol. The van der Waals surface area contributed by atoms with E-state index in [1.165, 1.54) is 11.8 Å². The summed E-state index contributed by atoms with van der Waals surface area (Å²) >= 11 is 1.70. The van der Waals surface area contributed by atoms with Crippen LogP contribution in [0.15, 0.2) is 36.4 Å². The summed E-state index contributed by atoms with van der Waals surface area (Å²) in [5, 5.41) is 5.77. The molecule has 2 atom stereocenters. The van der Waals surface area contributed by atoms with Gasteiger partial charge in [0.1, 0.15) is 0 Å². The maximum Gasteiger partial charge on any atom is 0.318 e. The van der Waals surface area contributed by atoms with Crippen molar-refractivity contribution < 1.29 is 9.59 Å². The second-order valence-corrected chi connectivity index (χ2v) is 7.53. The number of amides is 3. The summed E-state index contributed by atoms with van der Waals surface area (Å²) in [6.45, 7) is 7.48. The van der Waals surface area contributed by atoms with Crippen molar-refractivity contribution in [2.45, 2.75) is 39.8 Å². The maximum absolute atomic E-state index is 12.6. The van der Waals surface area contributed by atoms with Crippen LogP contribution in [0.25, 0.3) is 0 Å². The summed E-state index contributed by atoms with van der Waals surface area (Å²) in [4.78, 5) is 27.9. The molecule has 1 aromatic carbocycles. The first-order valence-electron chi connectivity index (χ1n) is 8.25.